The summed E-state index contributed by atoms with van der Waals surface area (Å²) in [6, 6.07) is 9.85. The number of rotatable bonds is 7. The zero-order chi connectivity index (χ0) is 21.0. The van der Waals surface area contributed by atoms with Crippen LogP contribution in [0.3, 0.4) is 0 Å². The summed E-state index contributed by atoms with van der Waals surface area (Å²) in [5.74, 6) is 1.22. The minimum atomic E-state index is -0.567. The number of hydroxylamine groups is 1. The Morgan fingerprint density at radius 2 is 2.03 bits per heavy atom. The molecule has 1 aliphatic heterocycles. The van der Waals surface area contributed by atoms with E-state index >= 15 is 0 Å². The van der Waals surface area contributed by atoms with Gasteiger partial charge in [0.25, 0.3) is 5.91 Å². The maximum absolute atomic E-state index is 12.9. The van der Waals surface area contributed by atoms with Crippen molar-refractivity contribution in [3.63, 3.8) is 0 Å². The lowest BCUT2D eigenvalue weighted by Gasteiger charge is -2.19. The van der Waals surface area contributed by atoms with Gasteiger partial charge in [-0.25, -0.2) is 10.3 Å². The van der Waals surface area contributed by atoms with Crippen molar-refractivity contribution in [3.8, 4) is 0 Å². The van der Waals surface area contributed by atoms with Crippen molar-refractivity contribution in [2.75, 3.05) is 0 Å². The van der Waals surface area contributed by atoms with Crippen LogP contribution in [-0.4, -0.2) is 28.5 Å². The van der Waals surface area contributed by atoms with Crippen molar-refractivity contribution in [2.45, 2.75) is 65.1 Å². The first kappa shape index (κ1) is 20.9. The SMILES string of the molecule is CCCCCC1OC(=C=O)C(C(=O)NOC(C)(C)C)=C1c1cc2ccccc2[nH]1. The average Bonchev–Trinajstić information content (AvgIpc) is 3.26. The quantitative estimate of drug-likeness (QED) is 0.411. The second kappa shape index (κ2) is 8.68. The van der Waals surface area contributed by atoms with Gasteiger partial charge >= 0.3 is 0 Å². The smallest absolute Gasteiger partial charge is 0.279 e. The molecule has 1 aromatic carbocycles. The molecule has 1 unspecified atom stereocenters. The van der Waals surface area contributed by atoms with Crippen molar-refractivity contribution in [3.05, 3.63) is 47.4 Å². The Kier molecular flexibility index (Phi) is 6.26. The lowest BCUT2D eigenvalue weighted by atomic mass is 9.97. The summed E-state index contributed by atoms with van der Waals surface area (Å²) >= 11 is 0. The van der Waals surface area contributed by atoms with E-state index in [1.165, 1.54) is 0 Å². The molecule has 1 amide bonds. The standard InChI is InChI=1S/C23H28N2O4/c1-5-6-7-12-18-20(17-13-15-10-8-9-11-16(15)24-17)21(19(14-26)28-18)22(27)25-29-23(2,3)4/h8-11,13,18,24H,5-7,12H2,1-4H3,(H,25,27). The Bertz CT molecular complexity index is 941. The summed E-state index contributed by atoms with van der Waals surface area (Å²) in [5.41, 5.74) is 4.46. The molecule has 2 aromatic rings. The van der Waals surface area contributed by atoms with Gasteiger partial charge in [0.05, 0.1) is 5.60 Å². The number of para-hydroxylation sites is 1. The Morgan fingerprint density at radius 3 is 2.69 bits per heavy atom. The molecule has 6 heteroatoms. The number of H-pyrrole nitrogens is 1. The molecule has 29 heavy (non-hydrogen) atoms. The maximum atomic E-state index is 12.9. The van der Waals surface area contributed by atoms with Crippen LogP contribution in [0.1, 0.15) is 59.1 Å². The fourth-order valence-electron chi connectivity index (χ4n) is 3.40. The van der Waals surface area contributed by atoms with E-state index in [1.807, 2.05) is 51.1 Å². The van der Waals surface area contributed by atoms with Crippen molar-refractivity contribution in [1.29, 1.82) is 0 Å². The van der Waals surface area contributed by atoms with E-state index in [9.17, 15) is 9.59 Å². The zero-order valence-corrected chi connectivity index (χ0v) is 17.4. The predicted octanol–water partition coefficient (Wildman–Crippen LogP) is 4.46. The van der Waals surface area contributed by atoms with E-state index in [2.05, 4.69) is 17.4 Å². The summed E-state index contributed by atoms with van der Waals surface area (Å²) in [5, 5.41) is 1.02. The molecule has 0 aliphatic carbocycles. The molecule has 1 aromatic heterocycles. The van der Waals surface area contributed by atoms with Crippen LogP contribution in [0.5, 0.6) is 0 Å². The van der Waals surface area contributed by atoms with Crippen LogP contribution in [0, 0.1) is 0 Å². The van der Waals surface area contributed by atoms with Gasteiger partial charge < -0.3 is 9.72 Å². The number of aromatic nitrogens is 1. The highest BCUT2D eigenvalue weighted by molar-refractivity contribution is 6.08. The molecular formula is C23H28N2O4. The largest absolute Gasteiger partial charge is 0.474 e. The first-order valence-electron chi connectivity index (χ1n) is 10.1. The van der Waals surface area contributed by atoms with E-state index < -0.39 is 11.5 Å². The Hall–Kier alpha value is -2.82. The van der Waals surface area contributed by atoms with Crippen LogP contribution in [0.2, 0.25) is 0 Å². The second-order valence-corrected chi connectivity index (χ2v) is 8.24. The molecule has 154 valence electrons. The van der Waals surface area contributed by atoms with Crippen LogP contribution in [0.15, 0.2) is 41.7 Å². The zero-order valence-electron chi connectivity index (χ0n) is 17.4. The molecule has 1 aliphatic rings. The monoisotopic (exact) mass is 396 g/mol. The fourth-order valence-corrected chi connectivity index (χ4v) is 3.40. The molecule has 0 bridgehead atoms. The first-order chi connectivity index (χ1) is 13.8. The van der Waals surface area contributed by atoms with Gasteiger partial charge in [-0.15, -0.1) is 0 Å². The molecule has 2 heterocycles. The molecular weight excluding hydrogens is 368 g/mol. The molecule has 0 saturated heterocycles. The number of amides is 1. The normalized spacial score (nSPS) is 16.8. The van der Waals surface area contributed by atoms with Crippen LogP contribution >= 0.6 is 0 Å². The molecule has 1 atom stereocenters. The summed E-state index contributed by atoms with van der Waals surface area (Å²) in [6.45, 7) is 7.61. The molecule has 0 fully saturated rings. The minimum absolute atomic E-state index is 0.0739. The van der Waals surface area contributed by atoms with Crippen LogP contribution in [0.25, 0.3) is 16.5 Å². The molecule has 2 N–H and O–H groups in total. The Morgan fingerprint density at radius 1 is 1.28 bits per heavy atom. The van der Waals surface area contributed by atoms with Gasteiger partial charge in [-0.3, -0.25) is 9.63 Å². The number of nitrogens with one attached hydrogen (secondary N) is 2. The number of ether oxygens (including phenoxy) is 1. The third-order valence-corrected chi connectivity index (χ3v) is 4.74. The van der Waals surface area contributed by atoms with E-state index in [1.54, 1.807) is 5.94 Å². The molecule has 0 saturated carbocycles. The number of aromatic amines is 1. The topological polar surface area (TPSA) is 80.4 Å². The van der Waals surface area contributed by atoms with Crippen LogP contribution in [-0.2, 0) is 19.2 Å². The second-order valence-electron chi connectivity index (χ2n) is 8.24. The van der Waals surface area contributed by atoms with Gasteiger partial charge in [0, 0.05) is 16.8 Å². The van der Waals surface area contributed by atoms with Crippen LogP contribution in [0.4, 0.5) is 0 Å². The molecule has 6 nitrogen and oxygen atoms in total. The third-order valence-electron chi connectivity index (χ3n) is 4.74. The van der Waals surface area contributed by atoms with E-state index in [0.717, 1.165) is 35.9 Å². The van der Waals surface area contributed by atoms with E-state index in [-0.39, 0.29) is 17.4 Å². The Balaban J connectivity index is 2.05. The lowest BCUT2D eigenvalue weighted by molar-refractivity contribution is -0.141. The molecule has 0 spiro atoms. The van der Waals surface area contributed by atoms with Gasteiger partial charge in [0.1, 0.15) is 11.7 Å². The van der Waals surface area contributed by atoms with Crippen molar-refractivity contribution in [1.82, 2.24) is 10.5 Å². The van der Waals surface area contributed by atoms with Gasteiger partial charge in [0.15, 0.2) is 5.94 Å². The van der Waals surface area contributed by atoms with Crippen molar-refractivity contribution >= 4 is 28.3 Å². The number of benzene rings is 1. The maximum Gasteiger partial charge on any atom is 0.279 e. The fraction of sp³-hybridized carbons (Fsp3) is 0.435. The highest BCUT2D eigenvalue weighted by atomic mass is 16.7. The highest BCUT2D eigenvalue weighted by Gasteiger charge is 2.38. The summed E-state index contributed by atoms with van der Waals surface area (Å²) in [4.78, 5) is 33.3. The third kappa shape index (κ3) is 4.78. The van der Waals surface area contributed by atoms with Gasteiger partial charge in [-0.05, 0) is 51.1 Å². The van der Waals surface area contributed by atoms with Gasteiger partial charge in [0.2, 0.25) is 5.76 Å². The highest BCUT2D eigenvalue weighted by Crippen LogP contribution is 2.39. The van der Waals surface area contributed by atoms with E-state index in [4.69, 9.17) is 9.57 Å². The average molecular weight is 396 g/mol. The van der Waals surface area contributed by atoms with E-state index in [0.29, 0.717) is 12.0 Å². The Labute approximate surface area is 170 Å². The van der Waals surface area contributed by atoms with Gasteiger partial charge in [-0.1, -0.05) is 38.0 Å². The summed E-state index contributed by atoms with van der Waals surface area (Å²) in [7, 11) is 0. The predicted molar refractivity (Wildman–Crippen MR) is 112 cm³/mol. The summed E-state index contributed by atoms with van der Waals surface area (Å²) in [6.07, 6.45) is 3.38. The number of carbonyl (C=O) groups is 1. The minimum Gasteiger partial charge on any atom is -0.474 e. The molecule has 0 radical (unpaired) electrons. The van der Waals surface area contributed by atoms with Crippen molar-refractivity contribution in [2.24, 2.45) is 0 Å². The van der Waals surface area contributed by atoms with Crippen molar-refractivity contribution < 1.29 is 19.2 Å². The summed E-state index contributed by atoms with van der Waals surface area (Å²) < 4.78 is 5.87. The van der Waals surface area contributed by atoms with Gasteiger partial charge in [-0.2, -0.15) is 0 Å². The number of carbonyl (C=O) groups excluding carboxylic acids is 2. The number of hydrogen-bond donors (Lipinski definition) is 2. The number of fused-ring (bicyclic) bond motifs is 1. The number of unbranched alkanes of at least 4 members (excludes halogenated alkanes) is 2. The van der Waals surface area contributed by atoms with Crippen LogP contribution < -0.4 is 5.48 Å². The first-order valence-corrected chi connectivity index (χ1v) is 10.1. The molecule has 3 rings (SSSR count). The number of hydrogen-bond acceptors (Lipinski definition) is 4. The lowest BCUT2D eigenvalue weighted by Crippen LogP contribution is -2.34.